The van der Waals surface area contributed by atoms with Crippen molar-refractivity contribution in [2.45, 2.75) is 6.42 Å². The summed E-state index contributed by atoms with van der Waals surface area (Å²) in [4.78, 5) is 24.9. The van der Waals surface area contributed by atoms with Crippen molar-refractivity contribution >= 4 is 51.9 Å². The van der Waals surface area contributed by atoms with E-state index in [9.17, 15) is 14.0 Å². The normalized spacial score (nSPS) is 15.1. The van der Waals surface area contributed by atoms with Crippen molar-refractivity contribution in [1.29, 1.82) is 0 Å². The molecule has 9 heteroatoms. The molecule has 0 aliphatic carbocycles. The highest BCUT2D eigenvalue weighted by Gasteiger charge is 2.34. The quantitative estimate of drug-likeness (QED) is 0.521. The molecule has 2 aromatic rings. The molecular weight excluding hydrogens is 417 g/mol. The largest absolute Gasteiger partial charge is 0.493 e. The Bertz CT molecular complexity index is 1010. The summed E-state index contributed by atoms with van der Waals surface area (Å²) < 4.78 is 25.0. The summed E-state index contributed by atoms with van der Waals surface area (Å²) >= 11 is 6.34. The second-order valence-electron chi connectivity index (χ2n) is 5.87. The second-order valence-corrected chi connectivity index (χ2v) is 7.55. The maximum absolute atomic E-state index is 14.1. The molecule has 0 saturated carbocycles. The van der Waals surface area contributed by atoms with Gasteiger partial charge in [-0.15, -0.1) is 0 Å². The fourth-order valence-electron chi connectivity index (χ4n) is 2.60. The molecule has 150 valence electrons. The van der Waals surface area contributed by atoms with Gasteiger partial charge in [0.15, 0.2) is 15.8 Å². The number of thiocarbonyl (C=S) groups is 1. The fraction of sp³-hybridized carbons (Fsp3) is 0.150. The van der Waals surface area contributed by atoms with Gasteiger partial charge in [-0.1, -0.05) is 42.2 Å². The predicted octanol–water partition coefficient (Wildman–Crippen LogP) is 4.09. The summed E-state index contributed by atoms with van der Waals surface area (Å²) in [6, 6.07) is 10.9. The van der Waals surface area contributed by atoms with Crippen molar-refractivity contribution in [1.82, 2.24) is 0 Å². The van der Waals surface area contributed by atoms with Gasteiger partial charge >= 0.3 is 5.97 Å². The Morgan fingerprint density at radius 3 is 2.72 bits per heavy atom. The molecule has 1 amide bonds. The number of anilines is 1. The molecule has 0 unspecified atom stereocenters. The average molecular weight is 433 g/mol. The van der Waals surface area contributed by atoms with E-state index in [4.69, 9.17) is 26.8 Å². The number of nitrogens with zero attached hydrogens (tertiary/aromatic N) is 1. The summed E-state index contributed by atoms with van der Waals surface area (Å²) in [5.74, 6) is -1.11. The van der Waals surface area contributed by atoms with E-state index in [-0.39, 0.29) is 23.0 Å². The van der Waals surface area contributed by atoms with Crippen LogP contribution in [0.15, 0.2) is 47.4 Å². The van der Waals surface area contributed by atoms with Crippen LogP contribution in [0.3, 0.4) is 0 Å². The minimum Gasteiger partial charge on any atom is -0.493 e. The molecule has 1 N–H and O–H groups in total. The highest BCUT2D eigenvalue weighted by Crippen LogP contribution is 2.38. The van der Waals surface area contributed by atoms with Gasteiger partial charge in [-0.3, -0.25) is 14.5 Å². The van der Waals surface area contributed by atoms with Gasteiger partial charge in [0.2, 0.25) is 0 Å². The first-order valence-electron chi connectivity index (χ1n) is 8.46. The molecule has 1 saturated heterocycles. The molecule has 0 aromatic heterocycles. The number of para-hydroxylation sites is 1. The molecule has 1 aliphatic heterocycles. The van der Waals surface area contributed by atoms with Crippen molar-refractivity contribution in [3.63, 3.8) is 0 Å². The van der Waals surface area contributed by atoms with E-state index in [1.165, 1.54) is 24.1 Å². The molecule has 3 rings (SSSR count). The highest BCUT2D eigenvalue weighted by molar-refractivity contribution is 8.27. The van der Waals surface area contributed by atoms with Crippen LogP contribution in [0.4, 0.5) is 10.1 Å². The number of hydrogen-bond acceptors (Lipinski definition) is 6. The molecule has 0 spiro atoms. The van der Waals surface area contributed by atoms with E-state index in [0.29, 0.717) is 22.0 Å². The highest BCUT2D eigenvalue weighted by atomic mass is 32.2. The van der Waals surface area contributed by atoms with E-state index in [1.807, 2.05) is 0 Å². The first kappa shape index (κ1) is 20.8. The maximum Gasteiger partial charge on any atom is 0.306 e. The monoisotopic (exact) mass is 433 g/mol. The lowest BCUT2D eigenvalue weighted by Gasteiger charge is -2.14. The standard InChI is InChI=1S/C20H16FNO5S2/c1-26-16-10-12(6-7-15(16)27-9-8-18(23)24)11-17-19(25)22(20(28)29-17)14-5-3-2-4-13(14)21/h2-7,10-11H,8-9H2,1H3,(H,23,24)/b17-11+. The molecule has 2 aromatic carbocycles. The van der Waals surface area contributed by atoms with Crippen molar-refractivity contribution in [2.24, 2.45) is 0 Å². The molecule has 0 bridgehead atoms. The van der Waals surface area contributed by atoms with E-state index < -0.39 is 17.7 Å². The number of methoxy groups -OCH3 is 1. The van der Waals surface area contributed by atoms with Crippen LogP contribution in [0, 0.1) is 5.82 Å². The number of carbonyl (C=O) groups is 2. The zero-order chi connectivity index (χ0) is 21.0. The number of rotatable bonds is 7. The number of halogens is 1. The number of aliphatic carboxylic acids is 1. The summed E-state index contributed by atoms with van der Waals surface area (Å²) in [6.07, 6.45) is 1.49. The van der Waals surface area contributed by atoms with E-state index in [2.05, 4.69) is 0 Å². The Morgan fingerprint density at radius 2 is 2.03 bits per heavy atom. The van der Waals surface area contributed by atoms with Gasteiger partial charge in [0, 0.05) is 0 Å². The molecule has 0 atom stereocenters. The van der Waals surface area contributed by atoms with Crippen molar-refractivity contribution in [2.75, 3.05) is 18.6 Å². The van der Waals surface area contributed by atoms with Crippen LogP contribution in [0.1, 0.15) is 12.0 Å². The SMILES string of the molecule is COc1cc(/C=C2/SC(=S)N(c3ccccc3F)C2=O)ccc1OCCC(=O)O. The van der Waals surface area contributed by atoms with Crippen LogP contribution < -0.4 is 14.4 Å². The summed E-state index contributed by atoms with van der Waals surface area (Å²) in [5.41, 5.74) is 0.764. The maximum atomic E-state index is 14.1. The molecule has 0 radical (unpaired) electrons. The zero-order valence-electron chi connectivity index (χ0n) is 15.3. The zero-order valence-corrected chi connectivity index (χ0v) is 16.9. The molecule has 1 fully saturated rings. The van der Waals surface area contributed by atoms with Crippen LogP contribution in [0.25, 0.3) is 6.08 Å². The third-order valence-corrected chi connectivity index (χ3v) is 5.25. The van der Waals surface area contributed by atoms with Crippen LogP contribution in [0.2, 0.25) is 0 Å². The molecule has 29 heavy (non-hydrogen) atoms. The predicted molar refractivity (Wildman–Crippen MR) is 113 cm³/mol. The van der Waals surface area contributed by atoms with Crippen LogP contribution >= 0.6 is 24.0 Å². The van der Waals surface area contributed by atoms with Crippen LogP contribution in [-0.4, -0.2) is 35.0 Å². The Balaban J connectivity index is 1.83. The van der Waals surface area contributed by atoms with Crippen LogP contribution in [0.5, 0.6) is 11.5 Å². The number of carboxylic acid groups (broad SMARTS) is 1. The molecule has 1 heterocycles. The number of thioether (sulfide) groups is 1. The fourth-order valence-corrected chi connectivity index (χ4v) is 3.89. The van der Waals surface area contributed by atoms with Gasteiger partial charge in [0.05, 0.1) is 30.7 Å². The number of hydrogen-bond donors (Lipinski definition) is 1. The van der Waals surface area contributed by atoms with Crippen molar-refractivity contribution < 1.29 is 28.6 Å². The number of amides is 1. The second kappa shape index (κ2) is 9.06. The lowest BCUT2D eigenvalue weighted by atomic mass is 10.1. The minimum atomic E-state index is -0.961. The van der Waals surface area contributed by atoms with Gasteiger partial charge < -0.3 is 14.6 Å². The number of carboxylic acids is 1. The van der Waals surface area contributed by atoms with Gasteiger partial charge in [0.25, 0.3) is 5.91 Å². The first-order valence-corrected chi connectivity index (χ1v) is 9.68. The number of carbonyl (C=O) groups excluding carboxylic acids is 1. The molecule has 6 nitrogen and oxygen atoms in total. The van der Waals surface area contributed by atoms with Crippen molar-refractivity contribution in [3.8, 4) is 11.5 Å². The Hall–Kier alpha value is -2.91. The van der Waals surface area contributed by atoms with Gasteiger partial charge in [-0.05, 0) is 35.9 Å². The summed E-state index contributed by atoms with van der Waals surface area (Å²) in [7, 11) is 1.46. The first-order chi connectivity index (χ1) is 13.9. The van der Waals surface area contributed by atoms with E-state index >= 15 is 0 Å². The summed E-state index contributed by atoms with van der Waals surface area (Å²) in [6.45, 7) is 0.00629. The smallest absolute Gasteiger partial charge is 0.306 e. The number of ether oxygens (including phenoxy) is 2. The topological polar surface area (TPSA) is 76.1 Å². The minimum absolute atomic E-state index is 0.00629. The van der Waals surface area contributed by atoms with Gasteiger partial charge in [-0.2, -0.15) is 0 Å². The Labute approximate surface area is 175 Å². The number of benzene rings is 2. The van der Waals surface area contributed by atoms with Crippen molar-refractivity contribution in [3.05, 3.63) is 58.8 Å². The average Bonchev–Trinajstić information content (AvgIpc) is 2.96. The van der Waals surface area contributed by atoms with Gasteiger partial charge in [0.1, 0.15) is 5.82 Å². The Kier molecular flexibility index (Phi) is 6.50. The molecule has 1 aliphatic rings. The lowest BCUT2D eigenvalue weighted by Crippen LogP contribution is -2.28. The summed E-state index contributed by atoms with van der Waals surface area (Å²) in [5, 5.41) is 8.70. The lowest BCUT2D eigenvalue weighted by molar-refractivity contribution is -0.137. The third-order valence-electron chi connectivity index (χ3n) is 3.95. The Morgan fingerprint density at radius 1 is 1.28 bits per heavy atom. The van der Waals surface area contributed by atoms with Crippen LogP contribution in [-0.2, 0) is 9.59 Å². The van der Waals surface area contributed by atoms with E-state index in [0.717, 1.165) is 11.8 Å². The molecular formula is C20H16FNO5S2. The van der Waals surface area contributed by atoms with Gasteiger partial charge in [-0.25, -0.2) is 4.39 Å². The third kappa shape index (κ3) is 4.75. The van der Waals surface area contributed by atoms with E-state index in [1.54, 1.807) is 36.4 Å².